The van der Waals surface area contributed by atoms with E-state index >= 15 is 0 Å². The van der Waals surface area contributed by atoms with Crippen LogP contribution in [0.15, 0.2) is 0 Å². The van der Waals surface area contributed by atoms with E-state index in [4.69, 9.17) is 5.11 Å². The molecule has 0 radical (unpaired) electrons. The van der Waals surface area contributed by atoms with Crippen molar-refractivity contribution in [2.75, 3.05) is 33.3 Å². The maximum absolute atomic E-state index is 11.8. The fraction of sp³-hybridized carbons (Fsp3) is 0.750. The molecule has 7 heteroatoms. The van der Waals surface area contributed by atoms with Crippen LogP contribution in [0.25, 0.3) is 0 Å². The predicted octanol–water partition coefficient (Wildman–Crippen LogP) is 0.542. The van der Waals surface area contributed by atoms with Crippen LogP contribution in [-0.4, -0.2) is 66.2 Å². The lowest BCUT2D eigenvalue weighted by Gasteiger charge is -2.33. The molecule has 1 aliphatic rings. The second-order valence-corrected chi connectivity index (χ2v) is 4.44. The van der Waals surface area contributed by atoms with Gasteiger partial charge in [0, 0.05) is 39.0 Å². The maximum atomic E-state index is 11.8. The monoisotopic (exact) mass is 272 g/mol. The molecule has 0 unspecified atom stereocenters. The van der Waals surface area contributed by atoms with Gasteiger partial charge in [0.2, 0.25) is 5.91 Å². The maximum Gasteiger partial charge on any atom is 0.409 e. The second-order valence-electron chi connectivity index (χ2n) is 4.44. The number of ether oxygens (including phenoxy) is 1. The van der Waals surface area contributed by atoms with Crippen molar-refractivity contribution in [3.63, 3.8) is 0 Å². The van der Waals surface area contributed by atoms with Crippen molar-refractivity contribution in [3.05, 3.63) is 0 Å². The van der Waals surface area contributed by atoms with Gasteiger partial charge in [-0.2, -0.15) is 0 Å². The van der Waals surface area contributed by atoms with Crippen LogP contribution in [0.1, 0.15) is 25.7 Å². The third-order valence-electron chi connectivity index (χ3n) is 3.10. The number of hydrogen-bond donors (Lipinski definition) is 1. The van der Waals surface area contributed by atoms with Gasteiger partial charge in [-0.15, -0.1) is 0 Å². The minimum atomic E-state index is -0.834. The van der Waals surface area contributed by atoms with E-state index in [0.29, 0.717) is 45.4 Å². The number of unbranched alkanes of at least 4 members (excludes halogenated alkanes) is 1. The second kappa shape index (κ2) is 7.60. The first-order valence-corrected chi connectivity index (χ1v) is 6.37. The largest absolute Gasteiger partial charge is 0.481 e. The molecule has 0 bridgehead atoms. The van der Waals surface area contributed by atoms with Gasteiger partial charge in [-0.05, 0) is 12.8 Å². The zero-order chi connectivity index (χ0) is 14.3. The van der Waals surface area contributed by atoms with E-state index in [1.54, 1.807) is 9.80 Å². The lowest BCUT2D eigenvalue weighted by molar-refractivity contribution is -0.137. The van der Waals surface area contributed by atoms with Crippen molar-refractivity contribution in [3.8, 4) is 0 Å². The molecule has 19 heavy (non-hydrogen) atoms. The smallest absolute Gasteiger partial charge is 0.409 e. The first-order valence-electron chi connectivity index (χ1n) is 6.37. The Bertz CT molecular complexity index is 337. The summed E-state index contributed by atoms with van der Waals surface area (Å²) in [5.74, 6) is -0.811. The van der Waals surface area contributed by atoms with Crippen LogP contribution in [0.3, 0.4) is 0 Å². The number of carbonyl (C=O) groups excluding carboxylic acids is 2. The number of aliphatic carboxylic acids is 1. The minimum absolute atomic E-state index is 0.0231. The predicted molar refractivity (Wildman–Crippen MR) is 66.7 cm³/mol. The Labute approximate surface area is 112 Å². The molecule has 1 saturated heterocycles. The summed E-state index contributed by atoms with van der Waals surface area (Å²) in [6.07, 6.45) is 1.20. The molecule has 1 aliphatic heterocycles. The van der Waals surface area contributed by atoms with Crippen LogP contribution in [0.5, 0.6) is 0 Å². The van der Waals surface area contributed by atoms with Gasteiger partial charge in [-0.3, -0.25) is 9.59 Å². The molecule has 7 nitrogen and oxygen atoms in total. The van der Waals surface area contributed by atoms with Crippen molar-refractivity contribution in [2.45, 2.75) is 25.7 Å². The van der Waals surface area contributed by atoms with Gasteiger partial charge in [-0.1, -0.05) is 0 Å². The molecule has 0 aliphatic carbocycles. The topological polar surface area (TPSA) is 87.2 Å². The van der Waals surface area contributed by atoms with Crippen molar-refractivity contribution < 1.29 is 24.2 Å². The number of piperazine rings is 1. The molecule has 1 heterocycles. The lowest BCUT2D eigenvalue weighted by Crippen LogP contribution is -2.50. The van der Waals surface area contributed by atoms with Gasteiger partial charge < -0.3 is 19.6 Å². The summed E-state index contributed by atoms with van der Waals surface area (Å²) in [5, 5.41) is 8.49. The fourth-order valence-electron chi connectivity index (χ4n) is 1.98. The lowest BCUT2D eigenvalue weighted by atomic mass is 10.1. The van der Waals surface area contributed by atoms with Crippen LogP contribution in [0.2, 0.25) is 0 Å². The zero-order valence-corrected chi connectivity index (χ0v) is 11.1. The normalized spacial score (nSPS) is 15.2. The summed E-state index contributed by atoms with van der Waals surface area (Å²) in [6.45, 7) is 1.97. The van der Waals surface area contributed by atoms with E-state index in [9.17, 15) is 14.4 Å². The minimum Gasteiger partial charge on any atom is -0.481 e. The van der Waals surface area contributed by atoms with E-state index in [2.05, 4.69) is 4.74 Å². The van der Waals surface area contributed by atoms with E-state index < -0.39 is 5.97 Å². The first-order chi connectivity index (χ1) is 9.04. The summed E-state index contributed by atoms with van der Waals surface area (Å²) in [7, 11) is 1.34. The Morgan fingerprint density at radius 2 is 1.53 bits per heavy atom. The number of carboxylic acid groups (broad SMARTS) is 1. The molecule has 0 aromatic carbocycles. The number of amides is 2. The van der Waals surface area contributed by atoms with Crippen molar-refractivity contribution in [1.82, 2.24) is 9.80 Å². The van der Waals surface area contributed by atoms with E-state index in [-0.39, 0.29) is 18.4 Å². The quantitative estimate of drug-likeness (QED) is 0.738. The average molecular weight is 272 g/mol. The molecule has 2 amide bonds. The molecular formula is C12H20N2O5. The Kier molecular flexibility index (Phi) is 6.11. The van der Waals surface area contributed by atoms with Gasteiger partial charge in [0.25, 0.3) is 0 Å². The standard InChI is InChI=1S/C12H20N2O5/c1-19-12(18)14-8-6-13(7-9-14)10(15)4-2-3-5-11(16)17/h2-9H2,1H3,(H,16,17). The number of hydrogen-bond acceptors (Lipinski definition) is 4. The number of carbonyl (C=O) groups is 3. The number of nitrogens with zero attached hydrogens (tertiary/aromatic N) is 2. The summed E-state index contributed by atoms with van der Waals surface area (Å²) < 4.78 is 4.62. The molecule has 108 valence electrons. The van der Waals surface area contributed by atoms with Gasteiger partial charge in [0.05, 0.1) is 7.11 Å². The highest BCUT2D eigenvalue weighted by atomic mass is 16.5. The van der Waals surface area contributed by atoms with Crippen LogP contribution >= 0.6 is 0 Å². The molecule has 0 spiro atoms. The Morgan fingerprint density at radius 1 is 1.00 bits per heavy atom. The SMILES string of the molecule is COC(=O)N1CCN(C(=O)CCCCC(=O)O)CC1. The van der Waals surface area contributed by atoms with Gasteiger partial charge in [0.1, 0.15) is 0 Å². The van der Waals surface area contributed by atoms with E-state index in [0.717, 1.165) is 0 Å². The highest BCUT2D eigenvalue weighted by Crippen LogP contribution is 2.08. The summed E-state index contributed by atoms with van der Waals surface area (Å²) in [4.78, 5) is 36.7. The van der Waals surface area contributed by atoms with Crippen molar-refractivity contribution in [2.24, 2.45) is 0 Å². The number of carboxylic acids is 1. The van der Waals surface area contributed by atoms with Crippen molar-refractivity contribution >= 4 is 18.0 Å². The van der Waals surface area contributed by atoms with E-state index in [1.165, 1.54) is 7.11 Å². The Balaban J connectivity index is 2.21. The molecule has 0 atom stereocenters. The third-order valence-corrected chi connectivity index (χ3v) is 3.10. The van der Waals surface area contributed by atoms with Crippen molar-refractivity contribution in [1.29, 1.82) is 0 Å². The van der Waals surface area contributed by atoms with Gasteiger partial charge in [-0.25, -0.2) is 4.79 Å². The zero-order valence-electron chi connectivity index (χ0n) is 11.1. The van der Waals surface area contributed by atoms with Crippen LogP contribution in [0, 0.1) is 0 Å². The molecule has 0 aromatic rings. The molecule has 1 fully saturated rings. The van der Waals surface area contributed by atoms with Crippen LogP contribution < -0.4 is 0 Å². The number of methoxy groups -OCH3 is 1. The highest BCUT2D eigenvalue weighted by Gasteiger charge is 2.23. The Hall–Kier alpha value is -1.79. The first kappa shape index (κ1) is 15.3. The molecule has 1 N–H and O–H groups in total. The number of rotatable bonds is 5. The summed E-state index contributed by atoms with van der Waals surface area (Å²) >= 11 is 0. The fourth-order valence-corrected chi connectivity index (χ4v) is 1.98. The Morgan fingerprint density at radius 3 is 2.05 bits per heavy atom. The average Bonchev–Trinajstić information content (AvgIpc) is 2.42. The molecule has 0 aromatic heterocycles. The molecule has 1 rings (SSSR count). The summed E-state index contributed by atoms with van der Waals surface area (Å²) in [5.41, 5.74) is 0. The summed E-state index contributed by atoms with van der Waals surface area (Å²) in [6, 6.07) is 0. The third kappa shape index (κ3) is 5.15. The van der Waals surface area contributed by atoms with E-state index in [1.807, 2.05) is 0 Å². The van der Waals surface area contributed by atoms with Crippen LogP contribution in [-0.2, 0) is 14.3 Å². The van der Waals surface area contributed by atoms with Gasteiger partial charge >= 0.3 is 12.1 Å². The van der Waals surface area contributed by atoms with Crippen LogP contribution in [0.4, 0.5) is 4.79 Å². The molecular weight excluding hydrogens is 252 g/mol. The molecule has 0 saturated carbocycles. The van der Waals surface area contributed by atoms with Gasteiger partial charge in [0.15, 0.2) is 0 Å². The highest BCUT2D eigenvalue weighted by molar-refractivity contribution is 5.76.